The number of rotatable bonds is 8. The van der Waals surface area contributed by atoms with Crippen LogP contribution in [0.4, 0.5) is 0 Å². The third-order valence-corrected chi connectivity index (χ3v) is 4.14. The van der Waals surface area contributed by atoms with E-state index in [1.807, 2.05) is 13.8 Å². The van der Waals surface area contributed by atoms with Gasteiger partial charge in [-0.2, -0.15) is 0 Å². The zero-order valence-corrected chi connectivity index (χ0v) is 12.3. The molecule has 5 nitrogen and oxygen atoms in total. The van der Waals surface area contributed by atoms with Gasteiger partial charge in [0.1, 0.15) is 5.75 Å². The molecule has 0 fully saturated rings. The molecule has 0 heterocycles. The summed E-state index contributed by atoms with van der Waals surface area (Å²) in [6, 6.07) is 0.132. The maximum Gasteiger partial charge on any atom is 0.309 e. The van der Waals surface area contributed by atoms with Crippen molar-refractivity contribution in [2.24, 2.45) is 5.92 Å². The number of amides is 1. The Morgan fingerprint density at radius 3 is 2.28 bits per heavy atom. The lowest BCUT2D eigenvalue weighted by atomic mass is 10.2. The summed E-state index contributed by atoms with van der Waals surface area (Å²) in [6.45, 7) is 5.62. The topological polar surface area (TPSA) is 72.5 Å². The first-order chi connectivity index (χ1) is 8.44. The zero-order chi connectivity index (χ0) is 14.1. The van der Waals surface area contributed by atoms with Gasteiger partial charge in [-0.15, -0.1) is 0 Å². The highest BCUT2D eigenvalue weighted by molar-refractivity contribution is 7.85. The van der Waals surface area contributed by atoms with Crippen molar-refractivity contribution >= 4 is 22.7 Å². The molecule has 0 radical (unpaired) electrons. The Bertz CT molecular complexity index is 302. The summed E-state index contributed by atoms with van der Waals surface area (Å²) < 4.78 is 16.2. The molecule has 0 aromatic heterocycles. The van der Waals surface area contributed by atoms with Gasteiger partial charge in [0, 0.05) is 22.6 Å². The van der Waals surface area contributed by atoms with Crippen LogP contribution in [0, 0.1) is 5.92 Å². The fourth-order valence-electron chi connectivity index (χ4n) is 1.52. The van der Waals surface area contributed by atoms with Gasteiger partial charge in [0.05, 0.1) is 13.0 Å². The molecule has 0 aliphatic carbocycles. The molecule has 0 saturated heterocycles. The molecule has 0 aromatic rings. The van der Waals surface area contributed by atoms with Gasteiger partial charge >= 0.3 is 5.97 Å². The van der Waals surface area contributed by atoms with Crippen LogP contribution < -0.4 is 5.32 Å². The van der Waals surface area contributed by atoms with Crippen molar-refractivity contribution in [1.82, 2.24) is 5.32 Å². The normalized spacial score (nSPS) is 14.1. The Morgan fingerprint density at radius 1 is 1.28 bits per heavy atom. The van der Waals surface area contributed by atoms with Gasteiger partial charge in [0.2, 0.25) is 5.91 Å². The lowest BCUT2D eigenvalue weighted by Crippen LogP contribution is -2.37. The van der Waals surface area contributed by atoms with Crippen LogP contribution in [0.1, 0.15) is 33.6 Å². The minimum atomic E-state index is -1.34. The van der Waals surface area contributed by atoms with E-state index in [0.717, 1.165) is 12.8 Å². The lowest BCUT2D eigenvalue weighted by molar-refractivity contribution is -0.144. The van der Waals surface area contributed by atoms with Crippen molar-refractivity contribution in [1.29, 1.82) is 0 Å². The molecule has 0 rings (SSSR count). The summed E-state index contributed by atoms with van der Waals surface area (Å²) in [4.78, 5) is 22.7. The van der Waals surface area contributed by atoms with Crippen LogP contribution in [0.2, 0.25) is 0 Å². The Kier molecular flexibility index (Phi) is 8.62. The Balaban J connectivity index is 4.08. The van der Waals surface area contributed by atoms with E-state index in [0.29, 0.717) is 0 Å². The summed E-state index contributed by atoms with van der Waals surface area (Å²) >= 11 is 0. The van der Waals surface area contributed by atoms with Gasteiger partial charge in [-0.1, -0.05) is 20.8 Å². The summed E-state index contributed by atoms with van der Waals surface area (Å²) in [5, 5.41) is 2.82. The summed E-state index contributed by atoms with van der Waals surface area (Å²) in [6.07, 6.45) is 1.71. The average molecular weight is 277 g/mol. The van der Waals surface area contributed by atoms with Crippen LogP contribution in [0.5, 0.6) is 0 Å². The molecule has 6 heteroatoms. The van der Waals surface area contributed by atoms with Crippen molar-refractivity contribution < 1.29 is 18.5 Å². The molecule has 0 spiro atoms. The molecule has 0 aliphatic rings. The number of carbonyl (C=O) groups excluding carboxylic acids is 2. The highest BCUT2D eigenvalue weighted by Crippen LogP contribution is 2.02. The number of carbonyl (C=O) groups is 2. The molecular formula is C12H23NO4S. The number of methoxy groups -OCH3 is 1. The van der Waals surface area contributed by atoms with Gasteiger partial charge in [-0.3, -0.25) is 13.8 Å². The van der Waals surface area contributed by atoms with Crippen molar-refractivity contribution in [2.75, 3.05) is 18.6 Å². The van der Waals surface area contributed by atoms with Gasteiger partial charge in [0.25, 0.3) is 0 Å². The number of esters is 1. The predicted molar refractivity (Wildman–Crippen MR) is 71.6 cm³/mol. The molecule has 0 bridgehead atoms. The van der Waals surface area contributed by atoms with Crippen LogP contribution >= 0.6 is 0 Å². The van der Waals surface area contributed by atoms with Gasteiger partial charge in [0.15, 0.2) is 0 Å². The molecule has 0 aliphatic heterocycles. The summed E-state index contributed by atoms with van der Waals surface area (Å²) in [5.74, 6) is -0.972. The van der Waals surface area contributed by atoms with E-state index in [9.17, 15) is 13.8 Å². The van der Waals surface area contributed by atoms with Crippen LogP contribution in [-0.4, -0.2) is 40.7 Å². The zero-order valence-electron chi connectivity index (χ0n) is 11.5. The second kappa shape index (κ2) is 9.08. The minimum absolute atomic E-state index is 0.0577. The van der Waals surface area contributed by atoms with Crippen molar-refractivity contribution in [3.05, 3.63) is 0 Å². The second-order valence-corrected chi connectivity index (χ2v) is 5.76. The maximum absolute atomic E-state index is 11.7. The molecule has 18 heavy (non-hydrogen) atoms. The van der Waals surface area contributed by atoms with Crippen LogP contribution in [0.25, 0.3) is 0 Å². The van der Waals surface area contributed by atoms with E-state index in [1.165, 1.54) is 7.11 Å². The number of ether oxygens (including phenoxy) is 1. The van der Waals surface area contributed by atoms with E-state index in [2.05, 4.69) is 10.1 Å². The lowest BCUT2D eigenvalue weighted by Gasteiger charge is -2.15. The summed E-state index contributed by atoms with van der Waals surface area (Å²) in [5.41, 5.74) is 0. The second-order valence-electron chi connectivity index (χ2n) is 4.26. The Morgan fingerprint density at radius 2 is 1.83 bits per heavy atom. The van der Waals surface area contributed by atoms with E-state index in [4.69, 9.17) is 0 Å². The van der Waals surface area contributed by atoms with E-state index >= 15 is 0 Å². The van der Waals surface area contributed by atoms with E-state index in [-0.39, 0.29) is 23.5 Å². The predicted octanol–water partition coefficient (Wildman–Crippen LogP) is 0.849. The van der Waals surface area contributed by atoms with Gasteiger partial charge in [-0.25, -0.2) is 0 Å². The van der Waals surface area contributed by atoms with Crippen molar-refractivity contribution in [3.8, 4) is 0 Å². The molecule has 106 valence electrons. The van der Waals surface area contributed by atoms with Gasteiger partial charge in [-0.05, 0) is 12.8 Å². The Labute approximate surface area is 111 Å². The van der Waals surface area contributed by atoms with Crippen LogP contribution in [0.15, 0.2) is 0 Å². The van der Waals surface area contributed by atoms with E-state index < -0.39 is 22.7 Å². The fraction of sp³-hybridized carbons (Fsp3) is 0.833. The summed E-state index contributed by atoms with van der Waals surface area (Å²) in [7, 11) is -0.0424. The number of hydrogen-bond acceptors (Lipinski definition) is 4. The first-order valence-electron chi connectivity index (χ1n) is 6.16. The number of nitrogens with one attached hydrogen (secondary N) is 1. The molecule has 1 N–H and O–H groups in total. The van der Waals surface area contributed by atoms with Crippen LogP contribution in [-0.2, 0) is 25.1 Å². The quantitative estimate of drug-likeness (QED) is 0.668. The molecular weight excluding hydrogens is 254 g/mol. The highest BCUT2D eigenvalue weighted by atomic mass is 32.2. The molecule has 1 amide bonds. The van der Waals surface area contributed by atoms with Crippen LogP contribution in [0.3, 0.4) is 0 Å². The first-order valence-corrected chi connectivity index (χ1v) is 7.65. The van der Waals surface area contributed by atoms with Crippen molar-refractivity contribution in [2.45, 2.75) is 39.7 Å². The standard InChI is InChI=1S/C12H23NO4S/c1-5-10(6-2)13-11(14)8-18(16)7-9(3)12(15)17-4/h9-10H,5-8H2,1-4H3,(H,13,14). The first kappa shape index (κ1) is 17.1. The highest BCUT2D eigenvalue weighted by Gasteiger charge is 2.19. The maximum atomic E-state index is 11.7. The average Bonchev–Trinajstić information content (AvgIpc) is 2.34. The minimum Gasteiger partial charge on any atom is -0.469 e. The molecule has 2 unspecified atom stereocenters. The monoisotopic (exact) mass is 277 g/mol. The molecule has 0 aromatic carbocycles. The number of hydrogen-bond donors (Lipinski definition) is 1. The third kappa shape index (κ3) is 6.74. The molecule has 0 saturated carbocycles. The fourth-order valence-corrected chi connectivity index (χ4v) is 2.70. The third-order valence-electron chi connectivity index (χ3n) is 2.68. The smallest absolute Gasteiger partial charge is 0.309 e. The largest absolute Gasteiger partial charge is 0.469 e. The van der Waals surface area contributed by atoms with Gasteiger partial charge < -0.3 is 10.1 Å². The van der Waals surface area contributed by atoms with E-state index in [1.54, 1.807) is 6.92 Å². The Hall–Kier alpha value is -0.910. The SMILES string of the molecule is CCC(CC)NC(=O)CS(=O)CC(C)C(=O)OC. The van der Waals surface area contributed by atoms with Crippen molar-refractivity contribution in [3.63, 3.8) is 0 Å². The molecule has 2 atom stereocenters.